The highest BCUT2D eigenvalue weighted by Crippen LogP contribution is 2.22. The van der Waals surface area contributed by atoms with Crippen LogP contribution in [0.25, 0.3) is 5.65 Å². The average Bonchev–Trinajstić information content (AvgIpc) is 3.44. The standard InChI is InChI=1S/C21H25N7O/c29-21(24-16-3-5-17(6-4-16)26-13-8-22-9-14-26)18-15-23-28-12-7-19(25-20(18)28)27-10-1-2-11-27/h3-7,12,15,22H,1-2,8-11,13-14H2,(H,24,29). The second-order valence-corrected chi connectivity index (χ2v) is 7.54. The molecular weight excluding hydrogens is 366 g/mol. The van der Waals surface area contributed by atoms with Crippen molar-refractivity contribution in [2.24, 2.45) is 0 Å². The van der Waals surface area contributed by atoms with Gasteiger partial charge < -0.3 is 20.4 Å². The van der Waals surface area contributed by atoms with Crippen molar-refractivity contribution >= 4 is 28.7 Å². The van der Waals surface area contributed by atoms with Gasteiger partial charge in [-0.15, -0.1) is 0 Å². The van der Waals surface area contributed by atoms with Crippen molar-refractivity contribution in [2.75, 3.05) is 54.4 Å². The number of benzene rings is 1. The minimum atomic E-state index is -0.194. The summed E-state index contributed by atoms with van der Waals surface area (Å²) < 4.78 is 1.65. The third-order valence-corrected chi connectivity index (χ3v) is 5.64. The van der Waals surface area contributed by atoms with Gasteiger partial charge in [0.2, 0.25) is 0 Å². The van der Waals surface area contributed by atoms with Crippen molar-refractivity contribution < 1.29 is 4.79 Å². The second-order valence-electron chi connectivity index (χ2n) is 7.54. The van der Waals surface area contributed by atoms with E-state index in [2.05, 4.69) is 37.7 Å². The number of rotatable bonds is 4. The molecule has 29 heavy (non-hydrogen) atoms. The Bertz CT molecular complexity index is 1000. The largest absolute Gasteiger partial charge is 0.369 e. The van der Waals surface area contributed by atoms with Crippen molar-refractivity contribution in [3.05, 3.63) is 48.3 Å². The highest BCUT2D eigenvalue weighted by Gasteiger charge is 2.18. The van der Waals surface area contributed by atoms with Gasteiger partial charge in [0.15, 0.2) is 5.65 Å². The summed E-state index contributed by atoms with van der Waals surface area (Å²) in [6.45, 7) is 6.02. The van der Waals surface area contributed by atoms with E-state index in [0.717, 1.165) is 50.8 Å². The van der Waals surface area contributed by atoms with Gasteiger partial charge in [0.05, 0.1) is 6.20 Å². The molecule has 4 heterocycles. The number of nitrogens with one attached hydrogen (secondary N) is 2. The molecule has 8 heteroatoms. The van der Waals surface area contributed by atoms with Crippen molar-refractivity contribution in [1.29, 1.82) is 0 Å². The first-order valence-corrected chi connectivity index (χ1v) is 10.2. The number of carbonyl (C=O) groups excluding carboxylic acids is 1. The summed E-state index contributed by atoms with van der Waals surface area (Å²) in [6, 6.07) is 9.97. The molecule has 0 bridgehead atoms. The maximum atomic E-state index is 12.9. The lowest BCUT2D eigenvalue weighted by Crippen LogP contribution is -2.43. The van der Waals surface area contributed by atoms with Gasteiger partial charge in [0, 0.05) is 56.8 Å². The summed E-state index contributed by atoms with van der Waals surface area (Å²) in [7, 11) is 0. The first-order valence-electron chi connectivity index (χ1n) is 10.2. The normalized spacial score (nSPS) is 17.1. The summed E-state index contributed by atoms with van der Waals surface area (Å²) in [5.74, 6) is 0.714. The molecule has 2 fully saturated rings. The molecule has 0 aliphatic carbocycles. The van der Waals surface area contributed by atoms with E-state index < -0.39 is 0 Å². The first kappa shape index (κ1) is 17.9. The van der Waals surface area contributed by atoms with Gasteiger partial charge in [0.25, 0.3) is 5.91 Å². The Labute approximate surface area is 169 Å². The highest BCUT2D eigenvalue weighted by molar-refractivity contribution is 6.08. The molecule has 3 aromatic rings. The Morgan fingerprint density at radius 2 is 1.72 bits per heavy atom. The number of hydrogen-bond donors (Lipinski definition) is 2. The van der Waals surface area contributed by atoms with Crippen LogP contribution in [-0.4, -0.2) is 59.8 Å². The van der Waals surface area contributed by atoms with E-state index in [1.807, 2.05) is 24.4 Å². The fraction of sp³-hybridized carbons (Fsp3) is 0.381. The molecule has 0 spiro atoms. The summed E-state index contributed by atoms with van der Waals surface area (Å²) >= 11 is 0. The molecule has 0 unspecified atom stereocenters. The van der Waals surface area contributed by atoms with Crippen LogP contribution in [0.5, 0.6) is 0 Å². The van der Waals surface area contributed by atoms with E-state index in [-0.39, 0.29) is 5.91 Å². The molecule has 1 aromatic carbocycles. The third kappa shape index (κ3) is 3.63. The van der Waals surface area contributed by atoms with Crippen LogP contribution in [0.15, 0.2) is 42.7 Å². The van der Waals surface area contributed by atoms with E-state index >= 15 is 0 Å². The molecule has 150 valence electrons. The maximum absolute atomic E-state index is 12.9. The number of amides is 1. The van der Waals surface area contributed by atoms with Gasteiger partial charge in [0.1, 0.15) is 11.4 Å². The summed E-state index contributed by atoms with van der Waals surface area (Å²) in [4.78, 5) is 22.2. The monoisotopic (exact) mass is 391 g/mol. The number of piperazine rings is 1. The molecule has 2 aromatic heterocycles. The number of aromatic nitrogens is 3. The maximum Gasteiger partial charge on any atom is 0.261 e. The first-order chi connectivity index (χ1) is 14.3. The van der Waals surface area contributed by atoms with Gasteiger partial charge in [-0.2, -0.15) is 5.10 Å². The number of hydrogen-bond acceptors (Lipinski definition) is 6. The molecule has 2 aliphatic rings. The lowest BCUT2D eigenvalue weighted by Gasteiger charge is -2.29. The molecule has 8 nitrogen and oxygen atoms in total. The molecule has 2 saturated heterocycles. The molecular formula is C21H25N7O. The van der Waals surface area contributed by atoms with Gasteiger partial charge in [-0.3, -0.25) is 4.79 Å². The minimum absolute atomic E-state index is 0.194. The van der Waals surface area contributed by atoms with Gasteiger partial charge >= 0.3 is 0 Å². The lowest BCUT2D eigenvalue weighted by atomic mass is 10.2. The van der Waals surface area contributed by atoms with E-state index in [0.29, 0.717) is 11.2 Å². The smallest absolute Gasteiger partial charge is 0.261 e. The Hall–Kier alpha value is -3.13. The summed E-state index contributed by atoms with van der Waals surface area (Å²) in [6.07, 6.45) is 5.82. The minimum Gasteiger partial charge on any atom is -0.369 e. The van der Waals surface area contributed by atoms with E-state index in [1.54, 1.807) is 10.7 Å². The summed E-state index contributed by atoms with van der Waals surface area (Å²) in [5, 5.41) is 10.6. The molecule has 0 atom stereocenters. The van der Waals surface area contributed by atoms with E-state index in [9.17, 15) is 4.79 Å². The lowest BCUT2D eigenvalue weighted by molar-refractivity contribution is 0.102. The van der Waals surface area contributed by atoms with Crippen molar-refractivity contribution in [2.45, 2.75) is 12.8 Å². The van der Waals surface area contributed by atoms with Crippen LogP contribution in [0.1, 0.15) is 23.2 Å². The Kier molecular flexibility index (Phi) is 4.77. The molecule has 0 radical (unpaired) electrons. The topological polar surface area (TPSA) is 77.8 Å². The Morgan fingerprint density at radius 3 is 2.48 bits per heavy atom. The zero-order chi connectivity index (χ0) is 19.6. The van der Waals surface area contributed by atoms with Gasteiger partial charge in [-0.05, 0) is 43.2 Å². The Morgan fingerprint density at radius 1 is 0.966 bits per heavy atom. The predicted octanol–water partition coefficient (Wildman–Crippen LogP) is 1.99. The Balaban J connectivity index is 1.33. The predicted molar refractivity (Wildman–Crippen MR) is 114 cm³/mol. The number of fused-ring (bicyclic) bond motifs is 1. The molecule has 1 amide bonds. The van der Waals surface area contributed by atoms with Crippen molar-refractivity contribution in [3.63, 3.8) is 0 Å². The fourth-order valence-electron chi connectivity index (χ4n) is 4.02. The van der Waals surface area contributed by atoms with Crippen LogP contribution in [0.2, 0.25) is 0 Å². The quantitative estimate of drug-likeness (QED) is 0.708. The SMILES string of the molecule is O=C(Nc1ccc(N2CCNCC2)cc1)c1cnn2ccc(N3CCCC3)nc12. The van der Waals surface area contributed by atoms with Gasteiger partial charge in [-0.25, -0.2) is 9.50 Å². The molecule has 2 aliphatic heterocycles. The van der Waals surface area contributed by atoms with E-state index in [4.69, 9.17) is 4.98 Å². The molecule has 2 N–H and O–H groups in total. The number of nitrogens with zero attached hydrogens (tertiary/aromatic N) is 5. The van der Waals surface area contributed by atoms with Crippen LogP contribution in [0, 0.1) is 0 Å². The number of carbonyl (C=O) groups is 1. The van der Waals surface area contributed by atoms with E-state index in [1.165, 1.54) is 18.5 Å². The second kappa shape index (κ2) is 7.71. The average molecular weight is 391 g/mol. The summed E-state index contributed by atoms with van der Waals surface area (Å²) in [5.41, 5.74) is 3.02. The van der Waals surface area contributed by atoms with Crippen LogP contribution >= 0.6 is 0 Å². The number of anilines is 3. The van der Waals surface area contributed by atoms with Crippen molar-refractivity contribution in [3.8, 4) is 0 Å². The molecule has 0 saturated carbocycles. The van der Waals surface area contributed by atoms with Crippen LogP contribution in [0.4, 0.5) is 17.2 Å². The molecule has 5 rings (SSSR count). The highest BCUT2D eigenvalue weighted by atomic mass is 16.1. The third-order valence-electron chi connectivity index (χ3n) is 5.64. The zero-order valence-corrected chi connectivity index (χ0v) is 16.3. The zero-order valence-electron chi connectivity index (χ0n) is 16.3. The van der Waals surface area contributed by atoms with Crippen LogP contribution in [-0.2, 0) is 0 Å². The fourth-order valence-corrected chi connectivity index (χ4v) is 4.02. The van der Waals surface area contributed by atoms with Crippen LogP contribution < -0.4 is 20.4 Å². The van der Waals surface area contributed by atoms with Crippen molar-refractivity contribution in [1.82, 2.24) is 19.9 Å². The van der Waals surface area contributed by atoms with Crippen LogP contribution in [0.3, 0.4) is 0 Å². The van der Waals surface area contributed by atoms with Gasteiger partial charge in [-0.1, -0.05) is 0 Å².